The van der Waals surface area contributed by atoms with E-state index in [1.54, 1.807) is 6.92 Å². The van der Waals surface area contributed by atoms with E-state index < -0.39 is 20.9 Å². The van der Waals surface area contributed by atoms with Crippen molar-refractivity contribution in [1.82, 2.24) is 5.32 Å². The molecule has 0 unspecified atom stereocenters. The predicted octanol–water partition coefficient (Wildman–Crippen LogP) is -0.476. The minimum absolute atomic E-state index is 0.285. The van der Waals surface area contributed by atoms with Gasteiger partial charge in [-0.05, 0) is 6.92 Å². The lowest BCUT2D eigenvalue weighted by molar-refractivity contribution is -0.116. The van der Waals surface area contributed by atoms with Crippen molar-refractivity contribution in [3.8, 4) is 0 Å². The lowest BCUT2D eigenvalue weighted by Crippen LogP contribution is -2.27. The summed E-state index contributed by atoms with van der Waals surface area (Å²) < 4.78 is 28.8. The van der Waals surface area contributed by atoms with Crippen LogP contribution in [0.5, 0.6) is 0 Å². The fourth-order valence-electron chi connectivity index (χ4n) is 0.376. The minimum Gasteiger partial charge on any atom is -0.352 e. The van der Waals surface area contributed by atoms with Crippen LogP contribution in [0.3, 0.4) is 0 Å². The Morgan fingerprint density at radius 1 is 1.64 bits per heavy atom. The van der Waals surface area contributed by atoms with Gasteiger partial charge in [-0.3, -0.25) is 9.35 Å². The maximum Gasteiger partial charge on any atom is 0.299 e. The monoisotopic (exact) mass is 179 g/mol. The molecule has 0 aromatic heterocycles. The van der Waals surface area contributed by atoms with E-state index in [2.05, 4.69) is 11.9 Å². The molecule has 6 heteroatoms. The molecule has 0 aromatic carbocycles. The first-order chi connectivity index (χ1) is 4.89. The number of hydrogen-bond acceptors (Lipinski definition) is 3. The molecule has 2 N–H and O–H groups in total. The van der Waals surface area contributed by atoms with Gasteiger partial charge in [-0.2, -0.15) is 8.42 Å². The highest BCUT2D eigenvalue weighted by atomic mass is 32.2. The van der Waals surface area contributed by atoms with E-state index in [9.17, 15) is 13.2 Å². The first-order valence-corrected chi connectivity index (χ1v) is 4.28. The van der Waals surface area contributed by atoms with Crippen LogP contribution in [0.2, 0.25) is 0 Å². The van der Waals surface area contributed by atoms with Crippen LogP contribution < -0.4 is 5.32 Å². The van der Waals surface area contributed by atoms with Gasteiger partial charge >= 0.3 is 0 Å². The van der Waals surface area contributed by atoms with E-state index in [1.165, 1.54) is 0 Å². The Labute approximate surface area is 64.8 Å². The summed E-state index contributed by atoms with van der Waals surface area (Å²) >= 11 is 0. The third kappa shape index (κ3) is 3.15. The van der Waals surface area contributed by atoms with Crippen molar-refractivity contribution in [3.63, 3.8) is 0 Å². The van der Waals surface area contributed by atoms with Crippen molar-refractivity contribution in [2.75, 3.05) is 6.54 Å². The highest BCUT2D eigenvalue weighted by Crippen LogP contribution is 1.98. The molecule has 0 aliphatic carbocycles. The Morgan fingerprint density at radius 3 is 2.36 bits per heavy atom. The van der Waals surface area contributed by atoms with Gasteiger partial charge in [0.1, 0.15) is 0 Å². The molecule has 0 atom stereocenters. The van der Waals surface area contributed by atoms with Crippen LogP contribution in [0, 0.1) is 0 Å². The van der Waals surface area contributed by atoms with Gasteiger partial charge in [0, 0.05) is 6.54 Å². The molecule has 0 aliphatic heterocycles. The molecule has 0 heterocycles. The zero-order valence-electron chi connectivity index (χ0n) is 5.99. The summed E-state index contributed by atoms with van der Waals surface area (Å²) in [6, 6.07) is 0. The topological polar surface area (TPSA) is 83.5 Å². The Bertz CT molecular complexity index is 266. The summed E-state index contributed by atoms with van der Waals surface area (Å²) in [6.07, 6.45) is 0. The van der Waals surface area contributed by atoms with Gasteiger partial charge in [0.05, 0.1) is 0 Å². The molecule has 0 saturated carbocycles. The lowest BCUT2D eigenvalue weighted by atomic mass is 10.5. The molecule has 1 amide bonds. The molecule has 11 heavy (non-hydrogen) atoms. The van der Waals surface area contributed by atoms with Crippen LogP contribution in [0.15, 0.2) is 11.5 Å². The van der Waals surface area contributed by atoms with Crippen molar-refractivity contribution in [1.29, 1.82) is 0 Å². The first kappa shape index (κ1) is 10.1. The third-order valence-electron chi connectivity index (χ3n) is 0.902. The summed E-state index contributed by atoms with van der Waals surface area (Å²) in [5.41, 5.74) is 0. The molecular formula is C5H9NO4S. The van der Waals surface area contributed by atoms with Gasteiger partial charge in [-0.1, -0.05) is 6.58 Å². The van der Waals surface area contributed by atoms with Crippen molar-refractivity contribution >= 4 is 16.0 Å². The second kappa shape index (κ2) is 3.49. The van der Waals surface area contributed by atoms with Crippen LogP contribution >= 0.6 is 0 Å². The molecule has 0 fully saturated rings. The number of nitrogens with one attached hydrogen (secondary N) is 1. The lowest BCUT2D eigenvalue weighted by Gasteiger charge is -2.00. The molecule has 0 bridgehead atoms. The van der Waals surface area contributed by atoms with Crippen molar-refractivity contribution in [2.24, 2.45) is 0 Å². The molecule has 64 valence electrons. The van der Waals surface area contributed by atoms with E-state index >= 15 is 0 Å². The molecule has 0 saturated heterocycles. The number of hydrogen-bond donors (Lipinski definition) is 2. The molecule has 5 nitrogen and oxygen atoms in total. The van der Waals surface area contributed by atoms with Gasteiger partial charge < -0.3 is 5.32 Å². The largest absolute Gasteiger partial charge is 0.352 e. The van der Waals surface area contributed by atoms with Crippen molar-refractivity contribution < 1.29 is 17.8 Å². The van der Waals surface area contributed by atoms with E-state index in [1.807, 2.05) is 0 Å². The van der Waals surface area contributed by atoms with E-state index in [0.717, 1.165) is 0 Å². The summed E-state index contributed by atoms with van der Waals surface area (Å²) in [4.78, 5) is 9.81. The van der Waals surface area contributed by atoms with Crippen LogP contribution in [-0.2, 0) is 14.9 Å². The normalized spacial score (nSPS) is 10.7. The molecule has 0 aromatic rings. The standard InChI is InChI=1S/C5H9NO4S/c1-3-6-5(7)4(2)11(8,9)10/h2-3H2,1H3,(H,6,7)(H,8,9,10). The van der Waals surface area contributed by atoms with Crippen LogP contribution in [0.4, 0.5) is 0 Å². The Balaban J connectivity index is 4.41. The number of carbonyl (C=O) groups excluding carboxylic acids is 1. The molecule has 0 spiro atoms. The van der Waals surface area contributed by atoms with Crippen LogP contribution in [0.1, 0.15) is 6.92 Å². The zero-order valence-corrected chi connectivity index (χ0v) is 6.81. The first-order valence-electron chi connectivity index (χ1n) is 2.84. The fourth-order valence-corrected chi connectivity index (χ4v) is 0.683. The highest BCUT2D eigenvalue weighted by molar-refractivity contribution is 7.90. The Kier molecular flexibility index (Phi) is 3.21. The van der Waals surface area contributed by atoms with Crippen molar-refractivity contribution in [3.05, 3.63) is 11.5 Å². The fraction of sp³-hybridized carbons (Fsp3) is 0.400. The van der Waals surface area contributed by atoms with Gasteiger partial charge in [0.25, 0.3) is 16.0 Å². The van der Waals surface area contributed by atoms with Crippen LogP contribution in [0.25, 0.3) is 0 Å². The second-order valence-electron chi connectivity index (χ2n) is 1.76. The van der Waals surface area contributed by atoms with E-state index in [4.69, 9.17) is 4.55 Å². The maximum atomic E-state index is 10.6. The van der Waals surface area contributed by atoms with Gasteiger partial charge in [-0.15, -0.1) is 0 Å². The average Bonchev–Trinajstić information content (AvgIpc) is 1.85. The number of amides is 1. The zero-order chi connectivity index (χ0) is 9.07. The van der Waals surface area contributed by atoms with Gasteiger partial charge in [0.2, 0.25) is 0 Å². The van der Waals surface area contributed by atoms with Crippen molar-refractivity contribution in [2.45, 2.75) is 6.92 Å². The second-order valence-corrected chi connectivity index (χ2v) is 3.20. The number of carbonyl (C=O) groups is 1. The summed E-state index contributed by atoms with van der Waals surface area (Å²) in [5.74, 6) is -0.880. The van der Waals surface area contributed by atoms with Crippen LogP contribution in [-0.4, -0.2) is 25.4 Å². The molecular weight excluding hydrogens is 170 g/mol. The smallest absolute Gasteiger partial charge is 0.299 e. The summed E-state index contributed by atoms with van der Waals surface area (Å²) in [6.45, 7) is 4.80. The SMILES string of the molecule is C=C(C(=O)NCC)S(=O)(=O)O. The minimum atomic E-state index is -4.43. The predicted molar refractivity (Wildman–Crippen MR) is 39.4 cm³/mol. The van der Waals surface area contributed by atoms with Gasteiger partial charge in [0.15, 0.2) is 4.91 Å². The van der Waals surface area contributed by atoms with Gasteiger partial charge in [-0.25, -0.2) is 0 Å². The average molecular weight is 179 g/mol. The quantitative estimate of drug-likeness (QED) is 0.453. The third-order valence-corrected chi connectivity index (χ3v) is 1.71. The highest BCUT2D eigenvalue weighted by Gasteiger charge is 2.18. The number of rotatable bonds is 3. The molecule has 0 aliphatic rings. The summed E-state index contributed by atoms with van der Waals surface area (Å²) in [5, 5.41) is 2.17. The maximum absolute atomic E-state index is 10.6. The Hall–Kier alpha value is -0.880. The summed E-state index contributed by atoms with van der Waals surface area (Å²) in [7, 11) is -4.43. The van der Waals surface area contributed by atoms with E-state index in [-0.39, 0.29) is 6.54 Å². The molecule has 0 radical (unpaired) electrons. The van der Waals surface area contributed by atoms with E-state index in [0.29, 0.717) is 0 Å². The Morgan fingerprint density at radius 2 is 2.09 bits per heavy atom. The molecule has 0 rings (SSSR count). The number of likely N-dealkylation sites (N-methyl/N-ethyl adjacent to an activating group) is 1.